The molecule has 0 unspecified atom stereocenters. The quantitative estimate of drug-likeness (QED) is 0.399. The van der Waals surface area contributed by atoms with Crippen LogP contribution < -0.4 is 19.6 Å². The Hall–Kier alpha value is 1.17. The van der Waals surface area contributed by atoms with Crippen molar-refractivity contribution < 1.29 is 84.7 Å². The summed E-state index contributed by atoms with van der Waals surface area (Å²) in [5.74, 6) is 0. The standard InChI is InChI=1S/2CH4O7P2.Tc/c2*2-9(3,4)8-10(5)6-1-7-10;/h2*1H2,(H2,2,3,4);/q;;+4/p-4. The van der Waals surface area contributed by atoms with Crippen LogP contribution in [-0.2, 0) is 65.1 Å². The van der Waals surface area contributed by atoms with Crippen molar-refractivity contribution in [3.63, 3.8) is 0 Å². The van der Waals surface area contributed by atoms with Gasteiger partial charge in [-0.2, -0.15) is 0 Å². The van der Waals surface area contributed by atoms with Gasteiger partial charge in [0.1, 0.15) is 0 Å². The average molecular weight is 474 g/mol. The van der Waals surface area contributed by atoms with E-state index < -0.39 is 31.3 Å². The van der Waals surface area contributed by atoms with Crippen molar-refractivity contribution in [1.29, 1.82) is 0 Å². The van der Waals surface area contributed by atoms with Crippen molar-refractivity contribution in [3.8, 4) is 0 Å². The second-order valence-electron chi connectivity index (χ2n) is 2.70. The Bertz CT molecular complexity index is 465. The maximum Gasteiger partial charge on any atom is 4.00 e. The Morgan fingerprint density at radius 1 is 0.762 bits per heavy atom. The van der Waals surface area contributed by atoms with Crippen molar-refractivity contribution in [3.05, 3.63) is 0 Å². The van der Waals surface area contributed by atoms with E-state index in [1.54, 1.807) is 0 Å². The van der Waals surface area contributed by atoms with Gasteiger partial charge in [-0.1, -0.05) is 0 Å². The zero-order valence-electron chi connectivity index (χ0n) is 9.30. The van der Waals surface area contributed by atoms with Crippen LogP contribution in [0.2, 0.25) is 0 Å². The van der Waals surface area contributed by atoms with E-state index in [0.29, 0.717) is 0 Å². The van der Waals surface area contributed by atoms with Gasteiger partial charge in [-0.15, -0.1) is 0 Å². The monoisotopic (exact) mass is 473 g/mol. The van der Waals surface area contributed by atoms with Crippen molar-refractivity contribution in [2.24, 2.45) is 0 Å². The van der Waals surface area contributed by atoms with E-state index >= 15 is 0 Å². The number of phosphoric ester groups is 2. The number of phosphoric acid groups is 4. The van der Waals surface area contributed by atoms with Crippen LogP contribution in [0.1, 0.15) is 0 Å². The van der Waals surface area contributed by atoms with Crippen LogP contribution in [0.15, 0.2) is 0 Å². The molecule has 0 saturated carbocycles. The van der Waals surface area contributed by atoms with Gasteiger partial charge in [-0.05, 0) is 0 Å². The van der Waals surface area contributed by atoms with Crippen LogP contribution in [0.5, 0.6) is 0 Å². The molecule has 14 nitrogen and oxygen atoms in total. The van der Waals surface area contributed by atoms with Gasteiger partial charge in [0, 0.05) is 0 Å². The van der Waals surface area contributed by atoms with Gasteiger partial charge < -0.3 is 28.7 Å². The third kappa shape index (κ3) is 9.14. The van der Waals surface area contributed by atoms with E-state index in [4.69, 9.17) is 0 Å². The van der Waals surface area contributed by atoms with Gasteiger partial charge in [-0.3, -0.25) is 26.7 Å². The molecule has 2 fully saturated rings. The summed E-state index contributed by atoms with van der Waals surface area (Å²) in [7, 11) is -18.5. The summed E-state index contributed by atoms with van der Waals surface area (Å²) in [4.78, 5) is 39.0. The van der Waals surface area contributed by atoms with Crippen molar-refractivity contribution in [2.75, 3.05) is 13.6 Å². The first-order chi connectivity index (χ1) is 8.83. The molecular weight excluding hydrogens is 470 g/mol. The molecule has 0 atom stereocenters. The Balaban J connectivity index is 0.000000364. The predicted molar refractivity (Wildman–Crippen MR) is 46.7 cm³/mol. The molecule has 19 heteroatoms. The Morgan fingerprint density at radius 3 is 1.05 bits per heavy atom. The van der Waals surface area contributed by atoms with Gasteiger partial charge in [0.15, 0.2) is 13.6 Å². The van der Waals surface area contributed by atoms with E-state index in [0.717, 1.165) is 0 Å². The van der Waals surface area contributed by atoms with Crippen LogP contribution in [0, 0.1) is 0 Å². The topological polar surface area (TPSA) is 216 Å². The summed E-state index contributed by atoms with van der Waals surface area (Å²) in [6, 6.07) is 0. The fourth-order valence-electron chi connectivity index (χ4n) is 0.617. The third-order valence-electron chi connectivity index (χ3n) is 1.24. The maximum absolute atomic E-state index is 10.4. The Kier molecular flexibility index (Phi) is 8.26. The van der Waals surface area contributed by atoms with E-state index in [9.17, 15) is 37.8 Å². The largest absolute Gasteiger partial charge is 4.00 e. The molecule has 21 heavy (non-hydrogen) atoms. The molecule has 0 aromatic rings. The molecule has 0 N–H and O–H groups in total. The average Bonchev–Trinajstić information content (AvgIpc) is 2.08. The smallest absolute Gasteiger partial charge is 0.789 e. The normalized spacial score (nSPS) is 22.7. The summed E-state index contributed by atoms with van der Waals surface area (Å²) in [6.45, 7) is -0.644. The molecule has 2 saturated heterocycles. The SMILES string of the molecule is O=P([O-])([O-])OP1(=O)OCO1.O=P([O-])([O-])OP1(=O)OCO1.[Tc+4]. The second-order valence-corrected chi connectivity index (χ2v) is 8.62. The second kappa shape index (κ2) is 7.83. The minimum absolute atomic E-state index is 0. The molecule has 0 aromatic heterocycles. The summed E-state index contributed by atoms with van der Waals surface area (Å²) < 4.78 is 63.4. The molecule has 0 spiro atoms. The molecule has 2 aliphatic heterocycles. The van der Waals surface area contributed by atoms with Gasteiger partial charge in [0.25, 0.3) is 0 Å². The number of hydrogen-bond acceptors (Lipinski definition) is 14. The number of rotatable bonds is 4. The van der Waals surface area contributed by atoms with E-state index in [1.807, 2.05) is 0 Å². The first-order valence-corrected chi connectivity index (χ1v) is 9.92. The third-order valence-corrected chi connectivity index (χ3v) is 6.13. The maximum atomic E-state index is 10.4. The molecule has 0 aromatic carbocycles. The Labute approximate surface area is 130 Å². The van der Waals surface area contributed by atoms with E-state index in [1.165, 1.54) is 0 Å². The predicted octanol–water partition coefficient (Wildman–Crippen LogP) is -2.11. The van der Waals surface area contributed by atoms with Crippen LogP contribution in [-0.4, -0.2) is 13.6 Å². The molecule has 123 valence electrons. The van der Waals surface area contributed by atoms with E-state index in [2.05, 4.69) is 26.7 Å². The fourth-order valence-corrected chi connectivity index (χ4v) is 3.89. The molecule has 2 rings (SSSR count). The van der Waals surface area contributed by atoms with Gasteiger partial charge in [0.2, 0.25) is 0 Å². The van der Waals surface area contributed by atoms with Crippen LogP contribution in [0.25, 0.3) is 0 Å². The molecular formula is C2H4O14P4Tc. The Morgan fingerprint density at radius 2 is 1.00 bits per heavy atom. The first-order valence-electron chi connectivity index (χ1n) is 4.08. The van der Waals surface area contributed by atoms with Crippen molar-refractivity contribution in [1.82, 2.24) is 0 Å². The molecule has 0 amide bonds. The van der Waals surface area contributed by atoms with Gasteiger partial charge in [-0.25, -0.2) is 9.13 Å². The molecule has 1 radical (unpaired) electrons. The van der Waals surface area contributed by atoms with Crippen LogP contribution in [0.4, 0.5) is 0 Å². The minimum atomic E-state index is -5.27. The molecule has 2 aliphatic rings. The van der Waals surface area contributed by atoms with Crippen molar-refractivity contribution >= 4 is 31.3 Å². The number of hydrogen-bond donors (Lipinski definition) is 0. The first kappa shape index (κ1) is 22.2. The van der Waals surface area contributed by atoms with Gasteiger partial charge >= 0.3 is 35.8 Å². The van der Waals surface area contributed by atoms with Crippen molar-refractivity contribution in [2.45, 2.75) is 0 Å². The summed E-state index contributed by atoms with van der Waals surface area (Å²) >= 11 is 0. The van der Waals surface area contributed by atoms with Crippen LogP contribution in [0.3, 0.4) is 0 Å². The molecule has 2 heterocycles. The molecule has 0 bridgehead atoms. The van der Waals surface area contributed by atoms with Gasteiger partial charge in [0.05, 0.1) is 15.6 Å². The zero-order valence-corrected chi connectivity index (χ0v) is 14.7. The summed E-state index contributed by atoms with van der Waals surface area (Å²) in [6.07, 6.45) is 0. The summed E-state index contributed by atoms with van der Waals surface area (Å²) in [5, 5.41) is 0. The zero-order chi connectivity index (χ0) is 15.7. The fraction of sp³-hybridized carbons (Fsp3) is 1.00. The molecule has 0 aliphatic carbocycles. The summed E-state index contributed by atoms with van der Waals surface area (Å²) in [5.41, 5.74) is 0. The van der Waals surface area contributed by atoms with E-state index in [-0.39, 0.29) is 33.7 Å². The van der Waals surface area contributed by atoms with Crippen LogP contribution >= 0.6 is 31.3 Å². The minimum Gasteiger partial charge on any atom is -0.789 e.